The van der Waals surface area contributed by atoms with E-state index in [-0.39, 0.29) is 11.7 Å². The number of carboxylic acids is 1. The van der Waals surface area contributed by atoms with Crippen molar-refractivity contribution in [3.63, 3.8) is 0 Å². The Bertz CT molecular complexity index is 603. The lowest BCUT2D eigenvalue weighted by Gasteiger charge is -2.21. The van der Waals surface area contributed by atoms with Crippen LogP contribution < -0.4 is 0 Å². The van der Waals surface area contributed by atoms with Gasteiger partial charge in [0.25, 0.3) is 5.91 Å². The van der Waals surface area contributed by atoms with Crippen molar-refractivity contribution in [1.82, 2.24) is 9.88 Å². The minimum absolute atomic E-state index is 0.0872. The number of nitrogens with zero attached hydrogens (tertiary/aromatic N) is 1. The van der Waals surface area contributed by atoms with Crippen molar-refractivity contribution in [3.8, 4) is 0 Å². The van der Waals surface area contributed by atoms with Crippen LogP contribution in [0.4, 0.5) is 0 Å². The topological polar surface area (TPSA) is 90.5 Å². The molecule has 1 unspecified atom stereocenters. The van der Waals surface area contributed by atoms with Crippen molar-refractivity contribution in [2.75, 3.05) is 6.54 Å². The number of amides is 1. The Kier molecular flexibility index (Phi) is 4.16. The SMILES string of the molecule is CCc1c(C(=O)N2CCCC2C(=O)O)[nH]c(C)c1C(C)=O. The van der Waals surface area contributed by atoms with E-state index < -0.39 is 12.0 Å². The van der Waals surface area contributed by atoms with Gasteiger partial charge >= 0.3 is 5.97 Å². The first-order valence-corrected chi connectivity index (χ1v) is 7.14. The number of Topliss-reactive ketones (excluding diaryl/α,β-unsaturated/α-hetero) is 1. The number of aromatic amines is 1. The van der Waals surface area contributed by atoms with Crippen LogP contribution >= 0.6 is 0 Å². The van der Waals surface area contributed by atoms with Crippen LogP contribution in [0.2, 0.25) is 0 Å². The number of aromatic nitrogens is 1. The van der Waals surface area contributed by atoms with Crippen molar-refractivity contribution in [2.24, 2.45) is 0 Å². The minimum Gasteiger partial charge on any atom is -0.480 e. The Balaban J connectivity index is 2.42. The molecule has 1 aliphatic rings. The molecule has 1 aromatic rings. The molecule has 0 saturated carbocycles. The Morgan fingerprint density at radius 1 is 1.38 bits per heavy atom. The van der Waals surface area contributed by atoms with E-state index in [1.54, 1.807) is 6.92 Å². The third-order valence-corrected chi connectivity index (χ3v) is 4.01. The zero-order chi connectivity index (χ0) is 15.7. The first-order chi connectivity index (χ1) is 9.88. The molecule has 2 heterocycles. The minimum atomic E-state index is -0.978. The highest BCUT2D eigenvalue weighted by Crippen LogP contribution is 2.25. The molecule has 0 radical (unpaired) electrons. The second-order valence-corrected chi connectivity index (χ2v) is 5.38. The van der Waals surface area contributed by atoms with Crippen molar-refractivity contribution in [1.29, 1.82) is 0 Å². The number of nitrogens with one attached hydrogen (secondary N) is 1. The van der Waals surface area contributed by atoms with Crippen LogP contribution in [0.3, 0.4) is 0 Å². The van der Waals surface area contributed by atoms with Crippen LogP contribution in [-0.4, -0.2) is 45.2 Å². The molecule has 1 atom stereocenters. The first kappa shape index (κ1) is 15.3. The molecule has 2 N–H and O–H groups in total. The lowest BCUT2D eigenvalue weighted by Crippen LogP contribution is -2.40. The second-order valence-electron chi connectivity index (χ2n) is 5.38. The number of carboxylic acid groups (broad SMARTS) is 1. The summed E-state index contributed by atoms with van der Waals surface area (Å²) in [6, 6.07) is -0.772. The van der Waals surface area contributed by atoms with Gasteiger partial charge in [-0.1, -0.05) is 6.92 Å². The normalized spacial score (nSPS) is 18.0. The molecule has 2 rings (SSSR count). The molecule has 6 heteroatoms. The third kappa shape index (κ3) is 2.57. The Morgan fingerprint density at radius 2 is 2.05 bits per heavy atom. The van der Waals surface area contributed by atoms with Crippen molar-refractivity contribution in [2.45, 2.75) is 46.1 Å². The number of likely N-dealkylation sites (tertiary alicyclic amines) is 1. The van der Waals surface area contributed by atoms with E-state index in [9.17, 15) is 19.5 Å². The fourth-order valence-electron chi connectivity index (χ4n) is 3.10. The molecule has 1 aliphatic heterocycles. The van der Waals surface area contributed by atoms with Crippen LogP contribution in [0.1, 0.15) is 58.8 Å². The number of rotatable bonds is 4. The number of aryl methyl sites for hydroxylation is 1. The van der Waals surface area contributed by atoms with Crippen molar-refractivity contribution in [3.05, 3.63) is 22.5 Å². The Labute approximate surface area is 123 Å². The van der Waals surface area contributed by atoms with E-state index >= 15 is 0 Å². The van der Waals surface area contributed by atoms with Crippen LogP contribution in [0.25, 0.3) is 0 Å². The first-order valence-electron chi connectivity index (χ1n) is 7.14. The van der Waals surface area contributed by atoms with Crippen molar-refractivity contribution < 1.29 is 19.5 Å². The van der Waals surface area contributed by atoms with Gasteiger partial charge in [-0.3, -0.25) is 9.59 Å². The summed E-state index contributed by atoms with van der Waals surface area (Å²) < 4.78 is 0. The highest BCUT2D eigenvalue weighted by atomic mass is 16.4. The zero-order valence-corrected chi connectivity index (χ0v) is 12.5. The number of aliphatic carboxylic acids is 1. The van der Waals surface area contributed by atoms with Crippen LogP contribution in [0.5, 0.6) is 0 Å². The molecule has 1 saturated heterocycles. The summed E-state index contributed by atoms with van der Waals surface area (Å²) in [5.41, 5.74) is 2.25. The fraction of sp³-hybridized carbons (Fsp3) is 0.533. The Morgan fingerprint density at radius 3 is 2.57 bits per heavy atom. The number of ketones is 1. The molecule has 0 aliphatic carbocycles. The highest BCUT2D eigenvalue weighted by Gasteiger charge is 2.36. The summed E-state index contributed by atoms with van der Waals surface area (Å²) in [6.07, 6.45) is 1.71. The molecule has 1 aromatic heterocycles. The van der Waals surface area contributed by atoms with Gasteiger partial charge in [0.15, 0.2) is 5.78 Å². The maximum Gasteiger partial charge on any atom is 0.326 e. The summed E-state index contributed by atoms with van der Waals surface area (Å²) in [7, 11) is 0. The average Bonchev–Trinajstić information content (AvgIpc) is 3.01. The van der Waals surface area contributed by atoms with Gasteiger partial charge in [0, 0.05) is 17.8 Å². The monoisotopic (exact) mass is 292 g/mol. The molecule has 114 valence electrons. The molecule has 6 nitrogen and oxygen atoms in total. The molecule has 0 spiro atoms. The number of hydrogen-bond donors (Lipinski definition) is 2. The fourth-order valence-corrected chi connectivity index (χ4v) is 3.10. The summed E-state index contributed by atoms with van der Waals surface area (Å²) >= 11 is 0. The molecule has 1 amide bonds. The number of carbonyl (C=O) groups is 3. The summed E-state index contributed by atoms with van der Waals surface area (Å²) in [6.45, 7) is 5.54. The highest BCUT2D eigenvalue weighted by molar-refractivity contribution is 6.03. The standard InChI is InChI=1S/C15H20N2O4/c1-4-10-12(9(3)18)8(2)16-13(10)14(19)17-7-5-6-11(17)15(20)21/h11,16H,4-7H2,1-3H3,(H,20,21). The summed E-state index contributed by atoms with van der Waals surface area (Å²) in [4.78, 5) is 40.0. The number of hydrogen-bond acceptors (Lipinski definition) is 3. The van der Waals surface area contributed by atoms with Crippen molar-refractivity contribution >= 4 is 17.7 Å². The van der Waals surface area contributed by atoms with E-state index in [1.807, 2.05) is 6.92 Å². The van der Waals surface area contributed by atoms with Crippen LogP contribution in [-0.2, 0) is 11.2 Å². The maximum atomic E-state index is 12.6. The van der Waals surface area contributed by atoms with Gasteiger partial charge in [-0.05, 0) is 38.7 Å². The summed E-state index contributed by atoms with van der Waals surface area (Å²) in [5.74, 6) is -1.39. The van der Waals surface area contributed by atoms with Gasteiger partial charge < -0.3 is 15.0 Å². The zero-order valence-electron chi connectivity index (χ0n) is 12.5. The largest absolute Gasteiger partial charge is 0.480 e. The molecule has 1 fully saturated rings. The smallest absolute Gasteiger partial charge is 0.326 e. The van der Waals surface area contributed by atoms with Gasteiger partial charge in [0.05, 0.1) is 0 Å². The second kappa shape index (κ2) is 5.71. The molecular weight excluding hydrogens is 272 g/mol. The van der Waals surface area contributed by atoms with Gasteiger partial charge in [-0.2, -0.15) is 0 Å². The lowest BCUT2D eigenvalue weighted by molar-refractivity contribution is -0.141. The van der Waals surface area contributed by atoms with E-state index in [4.69, 9.17) is 0 Å². The predicted molar refractivity (Wildman–Crippen MR) is 76.6 cm³/mol. The average molecular weight is 292 g/mol. The predicted octanol–water partition coefficient (Wildman–Crippen LogP) is 1.78. The van der Waals surface area contributed by atoms with E-state index in [0.717, 1.165) is 0 Å². The Hall–Kier alpha value is -2.11. The van der Waals surface area contributed by atoms with E-state index in [0.29, 0.717) is 48.3 Å². The maximum absolute atomic E-state index is 12.6. The van der Waals surface area contributed by atoms with Crippen LogP contribution in [0, 0.1) is 6.92 Å². The number of H-pyrrole nitrogens is 1. The van der Waals surface area contributed by atoms with Gasteiger partial charge in [-0.25, -0.2) is 4.79 Å². The van der Waals surface area contributed by atoms with Gasteiger partial charge in [0.1, 0.15) is 11.7 Å². The van der Waals surface area contributed by atoms with Gasteiger partial charge in [0.2, 0.25) is 0 Å². The van der Waals surface area contributed by atoms with E-state index in [1.165, 1.54) is 11.8 Å². The van der Waals surface area contributed by atoms with E-state index in [2.05, 4.69) is 4.98 Å². The quantitative estimate of drug-likeness (QED) is 0.828. The number of carbonyl (C=O) groups excluding carboxylic acids is 2. The lowest BCUT2D eigenvalue weighted by atomic mass is 10.0. The van der Waals surface area contributed by atoms with Crippen LogP contribution in [0.15, 0.2) is 0 Å². The molecule has 21 heavy (non-hydrogen) atoms. The van der Waals surface area contributed by atoms with Gasteiger partial charge in [-0.15, -0.1) is 0 Å². The summed E-state index contributed by atoms with van der Waals surface area (Å²) in [5, 5.41) is 9.20. The molecule has 0 aromatic carbocycles. The third-order valence-electron chi connectivity index (χ3n) is 4.01. The molecule has 0 bridgehead atoms. The molecular formula is C15H20N2O4.